The molecule has 0 radical (unpaired) electrons. The van der Waals surface area contributed by atoms with Crippen molar-refractivity contribution in [3.63, 3.8) is 0 Å². The molecule has 3 aromatic rings. The summed E-state index contributed by atoms with van der Waals surface area (Å²) in [5, 5.41) is 0. The van der Waals surface area contributed by atoms with Gasteiger partial charge < -0.3 is 9.47 Å². The van der Waals surface area contributed by atoms with Gasteiger partial charge >= 0.3 is 0 Å². The summed E-state index contributed by atoms with van der Waals surface area (Å²) in [6, 6.07) is 21.0. The number of benzene rings is 3. The van der Waals surface area contributed by atoms with E-state index < -0.39 is 0 Å². The summed E-state index contributed by atoms with van der Waals surface area (Å²) in [5.74, 6) is 1.56. The largest absolute Gasteiger partial charge is 0.496 e. The van der Waals surface area contributed by atoms with Gasteiger partial charge in [-0.05, 0) is 66.6 Å². The lowest BCUT2D eigenvalue weighted by atomic mass is 10.1. The smallest absolute Gasteiger partial charge is 0.185 e. The van der Waals surface area contributed by atoms with E-state index in [9.17, 15) is 4.79 Å². The fourth-order valence-corrected chi connectivity index (χ4v) is 3.04. The number of rotatable bonds is 7. The van der Waals surface area contributed by atoms with Crippen LogP contribution in [0.3, 0.4) is 0 Å². The molecular weight excluding hydrogens is 416 g/mol. The maximum Gasteiger partial charge on any atom is 0.185 e. The summed E-state index contributed by atoms with van der Waals surface area (Å²) in [4.78, 5) is 12.3. The Balaban J connectivity index is 1.75. The van der Waals surface area contributed by atoms with Crippen LogP contribution in [0.15, 0.2) is 77.3 Å². The molecule has 28 heavy (non-hydrogen) atoms. The highest BCUT2D eigenvalue weighted by atomic mass is 79.9. The van der Waals surface area contributed by atoms with Gasteiger partial charge in [0, 0.05) is 15.6 Å². The van der Waals surface area contributed by atoms with Gasteiger partial charge in [-0.15, -0.1) is 0 Å². The van der Waals surface area contributed by atoms with Crippen LogP contribution in [0.25, 0.3) is 6.08 Å². The maximum atomic E-state index is 12.3. The molecule has 3 aromatic carbocycles. The van der Waals surface area contributed by atoms with Crippen LogP contribution in [0.5, 0.6) is 11.5 Å². The zero-order chi connectivity index (χ0) is 19.9. The lowest BCUT2D eigenvalue weighted by Gasteiger charge is -2.12. The number of para-hydroxylation sites is 1. The monoisotopic (exact) mass is 436 g/mol. The SMILES string of the molecule is COc1ccc(/C=C/C(=O)c2ccc(Br)cc2)cc1COc1ccccc1C. The van der Waals surface area contributed by atoms with Crippen LogP contribution in [0, 0.1) is 6.92 Å². The first-order chi connectivity index (χ1) is 13.6. The molecule has 142 valence electrons. The Morgan fingerprint density at radius 3 is 2.46 bits per heavy atom. The molecule has 0 N–H and O–H groups in total. The number of ketones is 1. The molecule has 0 atom stereocenters. The standard InChI is InChI=1S/C24H21BrO3/c1-17-5-3-4-6-23(17)28-16-20-15-18(8-14-24(20)27-2)7-13-22(26)19-9-11-21(25)12-10-19/h3-15H,16H2,1-2H3/b13-7+. The number of methoxy groups -OCH3 is 1. The van der Waals surface area contributed by atoms with E-state index in [4.69, 9.17) is 9.47 Å². The molecular formula is C24H21BrO3. The molecule has 0 saturated heterocycles. The predicted octanol–water partition coefficient (Wildman–Crippen LogP) is 6.24. The quantitative estimate of drug-likeness (QED) is 0.324. The molecule has 0 bridgehead atoms. The van der Waals surface area contributed by atoms with Gasteiger partial charge in [-0.2, -0.15) is 0 Å². The van der Waals surface area contributed by atoms with Crippen LogP contribution in [-0.2, 0) is 6.61 Å². The number of allylic oxidation sites excluding steroid dienone is 1. The summed E-state index contributed by atoms with van der Waals surface area (Å²) in [6.07, 6.45) is 3.39. The van der Waals surface area contributed by atoms with E-state index >= 15 is 0 Å². The van der Waals surface area contributed by atoms with Gasteiger partial charge in [0.1, 0.15) is 18.1 Å². The van der Waals surface area contributed by atoms with Gasteiger partial charge in [0.2, 0.25) is 0 Å². The van der Waals surface area contributed by atoms with E-state index in [0.717, 1.165) is 32.7 Å². The molecule has 0 saturated carbocycles. The van der Waals surface area contributed by atoms with Crippen molar-refractivity contribution in [3.05, 3.63) is 99.5 Å². The van der Waals surface area contributed by atoms with Crippen LogP contribution < -0.4 is 9.47 Å². The van der Waals surface area contributed by atoms with Crippen LogP contribution >= 0.6 is 15.9 Å². The first-order valence-corrected chi connectivity index (χ1v) is 9.69. The predicted molar refractivity (Wildman–Crippen MR) is 116 cm³/mol. The summed E-state index contributed by atoms with van der Waals surface area (Å²) in [5.41, 5.74) is 3.56. The van der Waals surface area contributed by atoms with Crippen molar-refractivity contribution >= 4 is 27.8 Å². The van der Waals surface area contributed by atoms with Crippen LogP contribution in [0.1, 0.15) is 27.0 Å². The first kappa shape index (κ1) is 19.9. The van der Waals surface area contributed by atoms with Crippen molar-refractivity contribution in [1.82, 2.24) is 0 Å². The molecule has 0 heterocycles. The van der Waals surface area contributed by atoms with Gasteiger partial charge in [-0.3, -0.25) is 4.79 Å². The first-order valence-electron chi connectivity index (χ1n) is 8.90. The third-order valence-corrected chi connectivity index (χ3v) is 4.87. The molecule has 3 rings (SSSR count). The van der Waals surface area contributed by atoms with Gasteiger partial charge in [0.25, 0.3) is 0 Å². The zero-order valence-electron chi connectivity index (χ0n) is 15.8. The minimum absolute atomic E-state index is 0.0407. The Morgan fingerprint density at radius 2 is 1.75 bits per heavy atom. The summed E-state index contributed by atoms with van der Waals surface area (Å²) < 4.78 is 12.3. The van der Waals surface area contributed by atoms with E-state index in [0.29, 0.717) is 12.2 Å². The molecule has 3 nitrogen and oxygen atoms in total. The minimum Gasteiger partial charge on any atom is -0.496 e. The van der Waals surface area contributed by atoms with Crippen LogP contribution in [-0.4, -0.2) is 12.9 Å². The van der Waals surface area contributed by atoms with E-state index in [2.05, 4.69) is 15.9 Å². The summed E-state index contributed by atoms with van der Waals surface area (Å²) in [6.45, 7) is 2.40. The molecule has 0 amide bonds. The highest BCUT2D eigenvalue weighted by molar-refractivity contribution is 9.10. The molecule has 0 spiro atoms. The van der Waals surface area contributed by atoms with Gasteiger partial charge in [-0.25, -0.2) is 0 Å². The van der Waals surface area contributed by atoms with E-state index in [1.165, 1.54) is 0 Å². The number of hydrogen-bond donors (Lipinski definition) is 0. The maximum absolute atomic E-state index is 12.3. The van der Waals surface area contributed by atoms with Crippen molar-refractivity contribution in [2.45, 2.75) is 13.5 Å². The van der Waals surface area contributed by atoms with Crippen LogP contribution in [0.2, 0.25) is 0 Å². The number of aryl methyl sites for hydroxylation is 1. The number of ether oxygens (including phenoxy) is 2. The van der Waals surface area contributed by atoms with Crippen molar-refractivity contribution in [1.29, 1.82) is 0 Å². The highest BCUT2D eigenvalue weighted by Gasteiger charge is 2.07. The average Bonchev–Trinajstić information content (AvgIpc) is 2.72. The Morgan fingerprint density at radius 1 is 1.00 bits per heavy atom. The number of hydrogen-bond acceptors (Lipinski definition) is 3. The topological polar surface area (TPSA) is 35.5 Å². The Hall–Kier alpha value is -2.85. The second-order valence-electron chi connectivity index (χ2n) is 6.33. The highest BCUT2D eigenvalue weighted by Crippen LogP contribution is 2.24. The molecule has 0 fully saturated rings. The van der Waals surface area contributed by atoms with E-state index in [1.54, 1.807) is 31.4 Å². The minimum atomic E-state index is -0.0407. The summed E-state index contributed by atoms with van der Waals surface area (Å²) >= 11 is 3.37. The average molecular weight is 437 g/mol. The molecule has 0 aliphatic rings. The molecule has 4 heteroatoms. The van der Waals surface area contributed by atoms with Crippen LogP contribution in [0.4, 0.5) is 0 Å². The molecule has 0 aliphatic carbocycles. The van der Waals surface area contributed by atoms with Gasteiger partial charge in [-0.1, -0.05) is 46.3 Å². The van der Waals surface area contributed by atoms with Crippen molar-refractivity contribution < 1.29 is 14.3 Å². The Bertz CT molecular complexity index is 991. The van der Waals surface area contributed by atoms with Crippen molar-refractivity contribution in [3.8, 4) is 11.5 Å². The molecule has 0 aliphatic heterocycles. The number of carbonyl (C=O) groups is 1. The zero-order valence-corrected chi connectivity index (χ0v) is 17.4. The van der Waals surface area contributed by atoms with Crippen molar-refractivity contribution in [2.24, 2.45) is 0 Å². The van der Waals surface area contributed by atoms with Gasteiger partial charge in [0.05, 0.1) is 7.11 Å². The Kier molecular flexibility index (Phi) is 6.66. The number of halogens is 1. The normalized spacial score (nSPS) is 10.8. The van der Waals surface area contributed by atoms with E-state index in [-0.39, 0.29) is 5.78 Å². The summed E-state index contributed by atoms with van der Waals surface area (Å²) in [7, 11) is 1.64. The second kappa shape index (κ2) is 9.38. The lowest BCUT2D eigenvalue weighted by Crippen LogP contribution is -2.00. The fourth-order valence-electron chi connectivity index (χ4n) is 2.77. The third kappa shape index (κ3) is 5.11. The number of carbonyl (C=O) groups excluding carboxylic acids is 1. The Labute approximate surface area is 173 Å². The second-order valence-corrected chi connectivity index (χ2v) is 7.25. The molecule has 0 unspecified atom stereocenters. The molecule has 0 aromatic heterocycles. The fraction of sp³-hybridized carbons (Fsp3) is 0.125. The lowest BCUT2D eigenvalue weighted by molar-refractivity contribution is 0.104. The third-order valence-electron chi connectivity index (χ3n) is 4.34. The van der Waals surface area contributed by atoms with Gasteiger partial charge in [0.15, 0.2) is 5.78 Å². The van der Waals surface area contributed by atoms with E-state index in [1.807, 2.05) is 61.5 Å². The van der Waals surface area contributed by atoms with Crippen molar-refractivity contribution in [2.75, 3.05) is 7.11 Å².